The molecule has 6 nitrogen and oxygen atoms in total. The van der Waals surface area contributed by atoms with Crippen molar-refractivity contribution in [2.24, 2.45) is 0 Å². The number of nitrogens with zero attached hydrogens (tertiary/aromatic N) is 2. The number of para-hydroxylation sites is 1. The minimum atomic E-state index is 0.0892. The molecule has 2 aliphatic heterocycles. The molecule has 2 aromatic carbocycles. The van der Waals surface area contributed by atoms with Crippen LogP contribution in [-0.2, 0) is 16.0 Å². The van der Waals surface area contributed by atoms with Crippen molar-refractivity contribution in [2.75, 3.05) is 57.4 Å². The van der Waals surface area contributed by atoms with Crippen molar-refractivity contribution in [1.29, 1.82) is 0 Å². The van der Waals surface area contributed by atoms with Crippen LogP contribution in [0.3, 0.4) is 0 Å². The van der Waals surface area contributed by atoms with Crippen molar-refractivity contribution in [3.8, 4) is 5.75 Å². The molecule has 0 unspecified atom stereocenters. The maximum Gasteiger partial charge on any atom is 0.224 e. The fourth-order valence-corrected chi connectivity index (χ4v) is 4.22. The second kappa shape index (κ2) is 12.6. The minimum Gasteiger partial charge on any atom is -0.491 e. The van der Waals surface area contributed by atoms with Crippen molar-refractivity contribution in [1.82, 2.24) is 10.2 Å². The third-order valence-electron chi connectivity index (χ3n) is 6.34. The lowest BCUT2D eigenvalue weighted by molar-refractivity contribution is -0.120. The molecule has 2 saturated heterocycles. The van der Waals surface area contributed by atoms with Crippen molar-refractivity contribution in [3.63, 3.8) is 0 Å². The number of piperazine rings is 1. The number of epoxide rings is 1. The van der Waals surface area contributed by atoms with Crippen LogP contribution < -0.4 is 15.0 Å². The number of benzene rings is 2. The summed E-state index contributed by atoms with van der Waals surface area (Å²) in [6, 6.07) is 18.5. The number of unbranched alkanes of at least 4 members (excludes halogenated alkanes) is 3. The van der Waals surface area contributed by atoms with Crippen LogP contribution in [0.15, 0.2) is 54.6 Å². The summed E-state index contributed by atoms with van der Waals surface area (Å²) in [5.74, 6) is 0.916. The molecular weight excluding hydrogens is 414 g/mol. The van der Waals surface area contributed by atoms with Gasteiger partial charge in [-0.1, -0.05) is 43.2 Å². The maximum absolute atomic E-state index is 12.2. The predicted molar refractivity (Wildman–Crippen MR) is 132 cm³/mol. The molecule has 1 N–H and O–H groups in total. The average Bonchev–Trinajstić information content (AvgIpc) is 3.69. The number of hydrogen-bond acceptors (Lipinski definition) is 5. The van der Waals surface area contributed by atoms with Crippen LogP contribution in [0.4, 0.5) is 5.69 Å². The van der Waals surface area contributed by atoms with Crippen molar-refractivity contribution in [3.05, 3.63) is 60.2 Å². The molecule has 0 bridgehead atoms. The molecule has 2 heterocycles. The topological polar surface area (TPSA) is 57.3 Å². The molecule has 6 heteroatoms. The average molecular weight is 452 g/mol. The van der Waals surface area contributed by atoms with E-state index in [9.17, 15) is 4.79 Å². The molecule has 0 saturated carbocycles. The lowest BCUT2D eigenvalue weighted by Crippen LogP contribution is -2.46. The van der Waals surface area contributed by atoms with Gasteiger partial charge in [0.25, 0.3) is 0 Å². The van der Waals surface area contributed by atoms with E-state index in [-0.39, 0.29) is 12.0 Å². The zero-order valence-electron chi connectivity index (χ0n) is 19.6. The van der Waals surface area contributed by atoms with Crippen LogP contribution in [0.25, 0.3) is 0 Å². The molecule has 33 heavy (non-hydrogen) atoms. The molecule has 2 aromatic rings. The SMILES string of the molecule is O=C(Cc1ccc(OC[C@H]2CO2)cc1)NCCCCCCN1CCN(c2ccccc2)CC1. The number of hydrogen-bond donors (Lipinski definition) is 1. The maximum atomic E-state index is 12.2. The number of anilines is 1. The summed E-state index contributed by atoms with van der Waals surface area (Å²) < 4.78 is 10.8. The van der Waals surface area contributed by atoms with E-state index in [4.69, 9.17) is 9.47 Å². The van der Waals surface area contributed by atoms with E-state index in [1.807, 2.05) is 24.3 Å². The molecule has 1 amide bonds. The molecular formula is C27H37N3O3. The first kappa shape index (κ1) is 23.6. The third-order valence-corrected chi connectivity index (χ3v) is 6.34. The van der Waals surface area contributed by atoms with Gasteiger partial charge in [-0.2, -0.15) is 0 Å². The van der Waals surface area contributed by atoms with Crippen molar-refractivity contribution in [2.45, 2.75) is 38.2 Å². The first-order valence-electron chi connectivity index (χ1n) is 12.4. The third kappa shape index (κ3) is 8.37. The number of amides is 1. The van der Waals surface area contributed by atoms with Crippen LogP contribution in [0, 0.1) is 0 Å². The Hall–Kier alpha value is -2.57. The van der Waals surface area contributed by atoms with Gasteiger partial charge >= 0.3 is 0 Å². The Morgan fingerprint density at radius 2 is 1.67 bits per heavy atom. The normalized spacial score (nSPS) is 18.2. The van der Waals surface area contributed by atoms with E-state index in [1.165, 1.54) is 31.5 Å². The summed E-state index contributed by atoms with van der Waals surface area (Å²) in [5.41, 5.74) is 2.35. The molecule has 0 aromatic heterocycles. The fourth-order valence-electron chi connectivity index (χ4n) is 4.22. The van der Waals surface area contributed by atoms with Gasteiger partial charge < -0.3 is 19.7 Å². The summed E-state index contributed by atoms with van der Waals surface area (Å²) in [4.78, 5) is 17.2. The smallest absolute Gasteiger partial charge is 0.224 e. The van der Waals surface area contributed by atoms with Gasteiger partial charge in [0.2, 0.25) is 5.91 Å². The highest BCUT2D eigenvalue weighted by molar-refractivity contribution is 5.78. The van der Waals surface area contributed by atoms with Gasteiger partial charge in [-0.15, -0.1) is 0 Å². The highest BCUT2D eigenvalue weighted by atomic mass is 16.6. The molecule has 2 aliphatic rings. The van der Waals surface area contributed by atoms with Gasteiger partial charge in [0, 0.05) is 38.4 Å². The fraction of sp³-hybridized carbons (Fsp3) is 0.519. The van der Waals surface area contributed by atoms with E-state index in [0.29, 0.717) is 13.0 Å². The van der Waals surface area contributed by atoms with Crippen LogP contribution in [-0.4, -0.2) is 69.4 Å². The first-order valence-corrected chi connectivity index (χ1v) is 12.4. The van der Waals surface area contributed by atoms with Gasteiger partial charge in [-0.25, -0.2) is 0 Å². The lowest BCUT2D eigenvalue weighted by Gasteiger charge is -2.36. The molecule has 1 atom stereocenters. The van der Waals surface area contributed by atoms with Gasteiger partial charge in [0.05, 0.1) is 13.0 Å². The standard InChI is InChI=1S/C27H37N3O3/c31-27(20-23-10-12-25(13-11-23)32-21-26-22-33-26)28-14-6-1-2-7-15-29-16-18-30(19-17-29)24-8-4-3-5-9-24/h3-5,8-13,26H,1-2,6-7,14-22H2,(H,28,31)/t26-/m0/s1. The van der Waals surface area contributed by atoms with E-state index < -0.39 is 0 Å². The Balaban J connectivity index is 0.994. The molecule has 2 fully saturated rings. The molecule has 0 aliphatic carbocycles. The summed E-state index contributed by atoms with van der Waals surface area (Å²) in [7, 11) is 0. The zero-order chi connectivity index (χ0) is 22.7. The number of carbonyl (C=O) groups excluding carboxylic acids is 1. The highest BCUT2D eigenvalue weighted by Gasteiger charge is 2.23. The van der Waals surface area contributed by atoms with Crippen LogP contribution >= 0.6 is 0 Å². The van der Waals surface area contributed by atoms with E-state index in [0.717, 1.165) is 57.1 Å². The summed E-state index contributed by atoms with van der Waals surface area (Å²) in [6.45, 7) is 7.86. The number of nitrogens with one attached hydrogen (secondary N) is 1. The Morgan fingerprint density at radius 3 is 2.39 bits per heavy atom. The lowest BCUT2D eigenvalue weighted by atomic mass is 10.1. The Bertz CT molecular complexity index is 831. The largest absolute Gasteiger partial charge is 0.491 e. The Labute approximate surface area is 197 Å². The molecule has 0 spiro atoms. The number of ether oxygens (including phenoxy) is 2. The van der Waals surface area contributed by atoms with Gasteiger partial charge in [-0.3, -0.25) is 9.69 Å². The van der Waals surface area contributed by atoms with E-state index in [2.05, 4.69) is 45.4 Å². The highest BCUT2D eigenvalue weighted by Crippen LogP contribution is 2.17. The molecule has 4 rings (SSSR count). The first-order chi connectivity index (χ1) is 16.3. The number of carbonyl (C=O) groups is 1. The van der Waals surface area contributed by atoms with E-state index in [1.54, 1.807) is 0 Å². The zero-order valence-corrected chi connectivity index (χ0v) is 19.6. The summed E-state index contributed by atoms with van der Waals surface area (Å²) in [5, 5.41) is 3.05. The molecule has 178 valence electrons. The van der Waals surface area contributed by atoms with Crippen LogP contribution in [0.5, 0.6) is 5.75 Å². The summed E-state index contributed by atoms with van der Waals surface area (Å²) >= 11 is 0. The monoisotopic (exact) mass is 451 g/mol. The van der Waals surface area contributed by atoms with Crippen molar-refractivity contribution >= 4 is 11.6 Å². The Kier molecular flexibility index (Phi) is 9.01. The van der Waals surface area contributed by atoms with Gasteiger partial charge in [-0.05, 0) is 49.2 Å². The van der Waals surface area contributed by atoms with Crippen LogP contribution in [0.1, 0.15) is 31.2 Å². The summed E-state index contributed by atoms with van der Waals surface area (Å²) in [6.07, 6.45) is 5.35. The van der Waals surface area contributed by atoms with Gasteiger partial charge in [0.1, 0.15) is 18.5 Å². The second-order valence-corrected chi connectivity index (χ2v) is 9.02. The Morgan fingerprint density at radius 1 is 0.939 bits per heavy atom. The molecule has 0 radical (unpaired) electrons. The van der Waals surface area contributed by atoms with E-state index >= 15 is 0 Å². The predicted octanol–water partition coefficient (Wildman–Crippen LogP) is 3.51. The van der Waals surface area contributed by atoms with Gasteiger partial charge in [0.15, 0.2) is 0 Å². The number of rotatable bonds is 13. The quantitative estimate of drug-likeness (QED) is 0.373. The second-order valence-electron chi connectivity index (χ2n) is 9.02. The van der Waals surface area contributed by atoms with Crippen molar-refractivity contribution < 1.29 is 14.3 Å². The van der Waals surface area contributed by atoms with Crippen LogP contribution in [0.2, 0.25) is 0 Å². The minimum absolute atomic E-state index is 0.0892.